The number of methoxy groups -OCH3 is 1. The Morgan fingerprint density at radius 2 is 1.93 bits per heavy atom. The summed E-state index contributed by atoms with van der Waals surface area (Å²) >= 11 is 5.82. The first kappa shape index (κ1) is 20.6. The lowest BCUT2D eigenvalue weighted by Gasteiger charge is -2.28. The number of halogens is 1. The molecule has 0 aromatic heterocycles. The average Bonchev–Trinajstić information content (AvgIpc) is 2.68. The third-order valence-corrected chi connectivity index (χ3v) is 6.81. The van der Waals surface area contributed by atoms with Crippen molar-refractivity contribution in [3.05, 3.63) is 64.2 Å². The zero-order valence-corrected chi connectivity index (χ0v) is 17.2. The number of nitrogens with one attached hydrogen (secondary N) is 1. The zero-order chi connectivity index (χ0) is 20.1. The van der Waals surface area contributed by atoms with Crippen LogP contribution >= 0.6 is 11.6 Å². The van der Waals surface area contributed by atoms with E-state index in [-0.39, 0.29) is 24.6 Å². The van der Waals surface area contributed by atoms with Gasteiger partial charge in [-0.2, -0.15) is 4.31 Å². The standard InChI is InChI=1S/C20H23ClN2O4S/c1-27-19-7-4-17-14-23(10-8-16(17)13-19)28(25,26)11-9-22-20(24)12-15-2-5-18(21)6-3-15/h2-7,13H,8-12,14H2,1H3,(H,22,24). The topological polar surface area (TPSA) is 75.7 Å². The first-order chi connectivity index (χ1) is 13.4. The minimum atomic E-state index is -3.45. The lowest BCUT2D eigenvalue weighted by atomic mass is 10.0. The third kappa shape index (κ3) is 5.25. The predicted octanol–water partition coefficient (Wildman–Crippen LogP) is 2.40. The molecular formula is C20H23ClN2O4S. The highest BCUT2D eigenvalue weighted by Gasteiger charge is 2.26. The van der Waals surface area contributed by atoms with Crippen LogP contribution in [0.3, 0.4) is 0 Å². The van der Waals surface area contributed by atoms with Crippen LogP contribution in [-0.2, 0) is 34.2 Å². The molecule has 0 bridgehead atoms. The van der Waals surface area contributed by atoms with Gasteiger partial charge in [0.25, 0.3) is 0 Å². The van der Waals surface area contributed by atoms with Crippen molar-refractivity contribution in [1.82, 2.24) is 9.62 Å². The number of carbonyl (C=O) groups is 1. The average molecular weight is 423 g/mol. The maximum atomic E-state index is 12.6. The van der Waals surface area contributed by atoms with Crippen LogP contribution in [0.25, 0.3) is 0 Å². The Labute approximate surface area is 170 Å². The van der Waals surface area contributed by atoms with Crippen molar-refractivity contribution in [3.63, 3.8) is 0 Å². The van der Waals surface area contributed by atoms with Crippen LogP contribution in [0.2, 0.25) is 5.02 Å². The molecule has 3 rings (SSSR count). The summed E-state index contributed by atoms with van der Waals surface area (Å²) in [5.41, 5.74) is 2.93. The van der Waals surface area contributed by atoms with Crippen molar-refractivity contribution in [3.8, 4) is 5.75 Å². The minimum Gasteiger partial charge on any atom is -0.497 e. The van der Waals surface area contributed by atoms with E-state index in [1.807, 2.05) is 18.2 Å². The Kier molecular flexibility index (Phi) is 6.59. The number of benzene rings is 2. The van der Waals surface area contributed by atoms with Gasteiger partial charge in [0.1, 0.15) is 5.75 Å². The molecule has 0 spiro atoms. The van der Waals surface area contributed by atoms with E-state index in [0.29, 0.717) is 24.5 Å². The van der Waals surface area contributed by atoms with Crippen LogP contribution in [0.5, 0.6) is 5.75 Å². The van der Waals surface area contributed by atoms with E-state index in [1.165, 1.54) is 4.31 Å². The van der Waals surface area contributed by atoms with Gasteiger partial charge in [-0.05, 0) is 47.4 Å². The van der Waals surface area contributed by atoms with Gasteiger partial charge in [-0.1, -0.05) is 29.8 Å². The highest BCUT2D eigenvalue weighted by atomic mass is 35.5. The second-order valence-electron chi connectivity index (χ2n) is 6.69. The molecule has 0 radical (unpaired) electrons. The summed E-state index contributed by atoms with van der Waals surface area (Å²) in [6, 6.07) is 12.7. The Morgan fingerprint density at radius 3 is 2.64 bits per heavy atom. The molecule has 1 aliphatic rings. The van der Waals surface area contributed by atoms with Gasteiger partial charge in [0.2, 0.25) is 15.9 Å². The van der Waals surface area contributed by atoms with Crippen molar-refractivity contribution in [1.29, 1.82) is 0 Å². The van der Waals surface area contributed by atoms with Crippen molar-refractivity contribution >= 4 is 27.5 Å². The molecule has 0 fully saturated rings. The molecule has 1 heterocycles. The normalized spacial score (nSPS) is 14.4. The summed E-state index contributed by atoms with van der Waals surface area (Å²) in [5, 5.41) is 3.29. The van der Waals surface area contributed by atoms with Crippen LogP contribution in [0, 0.1) is 0 Å². The summed E-state index contributed by atoms with van der Waals surface area (Å²) in [4.78, 5) is 12.0. The van der Waals surface area contributed by atoms with Crippen LogP contribution in [0.1, 0.15) is 16.7 Å². The number of hydrogen-bond acceptors (Lipinski definition) is 4. The van der Waals surface area contributed by atoms with Crippen LogP contribution in [0.4, 0.5) is 0 Å². The second kappa shape index (κ2) is 8.94. The fraction of sp³-hybridized carbons (Fsp3) is 0.350. The number of fused-ring (bicyclic) bond motifs is 1. The molecule has 0 unspecified atom stereocenters. The number of nitrogens with zero attached hydrogens (tertiary/aromatic N) is 1. The van der Waals surface area contributed by atoms with Gasteiger partial charge in [0, 0.05) is 24.7 Å². The molecular weight excluding hydrogens is 400 g/mol. The fourth-order valence-corrected chi connectivity index (χ4v) is 4.62. The summed E-state index contributed by atoms with van der Waals surface area (Å²) in [6.45, 7) is 0.863. The molecule has 0 aliphatic carbocycles. The largest absolute Gasteiger partial charge is 0.497 e. The number of rotatable bonds is 7. The Bertz CT molecular complexity index is 945. The predicted molar refractivity (Wildman–Crippen MR) is 109 cm³/mol. The number of sulfonamides is 1. The van der Waals surface area contributed by atoms with Gasteiger partial charge in [-0.25, -0.2) is 8.42 Å². The maximum absolute atomic E-state index is 12.6. The summed E-state index contributed by atoms with van der Waals surface area (Å²) in [6.07, 6.45) is 0.838. The van der Waals surface area contributed by atoms with Crippen molar-refractivity contribution in [2.45, 2.75) is 19.4 Å². The van der Waals surface area contributed by atoms with E-state index >= 15 is 0 Å². The first-order valence-electron chi connectivity index (χ1n) is 9.02. The van der Waals surface area contributed by atoms with E-state index in [9.17, 15) is 13.2 Å². The van der Waals surface area contributed by atoms with Crippen molar-refractivity contribution < 1.29 is 17.9 Å². The Hall–Kier alpha value is -2.09. The second-order valence-corrected chi connectivity index (χ2v) is 9.21. The molecule has 1 N–H and O–H groups in total. The van der Waals surface area contributed by atoms with E-state index in [0.717, 1.165) is 22.4 Å². The van der Waals surface area contributed by atoms with Crippen LogP contribution in [0.15, 0.2) is 42.5 Å². The molecule has 1 aliphatic heterocycles. The lowest BCUT2D eigenvalue weighted by molar-refractivity contribution is -0.120. The molecule has 2 aromatic carbocycles. The van der Waals surface area contributed by atoms with Gasteiger partial charge < -0.3 is 10.1 Å². The number of amides is 1. The Morgan fingerprint density at radius 1 is 1.18 bits per heavy atom. The lowest BCUT2D eigenvalue weighted by Crippen LogP contribution is -2.40. The molecule has 0 saturated heterocycles. The zero-order valence-electron chi connectivity index (χ0n) is 15.7. The Balaban J connectivity index is 1.51. The molecule has 2 aromatic rings. The number of carbonyl (C=O) groups excluding carboxylic acids is 1. The smallest absolute Gasteiger partial charge is 0.224 e. The molecule has 0 saturated carbocycles. The molecule has 150 valence electrons. The van der Waals surface area contributed by atoms with Gasteiger partial charge in [-0.3, -0.25) is 4.79 Å². The van der Waals surface area contributed by atoms with E-state index in [1.54, 1.807) is 31.4 Å². The van der Waals surface area contributed by atoms with Gasteiger partial charge in [-0.15, -0.1) is 0 Å². The number of ether oxygens (including phenoxy) is 1. The summed E-state index contributed by atoms with van der Waals surface area (Å²) in [5.74, 6) is 0.442. The van der Waals surface area contributed by atoms with Gasteiger partial charge >= 0.3 is 0 Å². The first-order valence-corrected chi connectivity index (χ1v) is 11.0. The summed E-state index contributed by atoms with van der Waals surface area (Å²) < 4.78 is 32.0. The SMILES string of the molecule is COc1ccc2c(c1)CCN(S(=O)(=O)CCNC(=O)Cc1ccc(Cl)cc1)C2. The molecule has 0 atom stereocenters. The van der Waals surface area contributed by atoms with E-state index < -0.39 is 10.0 Å². The molecule has 1 amide bonds. The fourth-order valence-electron chi connectivity index (χ4n) is 3.17. The molecule has 8 heteroatoms. The maximum Gasteiger partial charge on any atom is 0.224 e. The highest BCUT2D eigenvalue weighted by molar-refractivity contribution is 7.89. The molecule has 6 nitrogen and oxygen atoms in total. The van der Waals surface area contributed by atoms with Gasteiger partial charge in [0.05, 0.1) is 19.3 Å². The molecule has 28 heavy (non-hydrogen) atoms. The van der Waals surface area contributed by atoms with E-state index in [2.05, 4.69) is 5.32 Å². The van der Waals surface area contributed by atoms with E-state index in [4.69, 9.17) is 16.3 Å². The number of hydrogen-bond donors (Lipinski definition) is 1. The van der Waals surface area contributed by atoms with Crippen molar-refractivity contribution in [2.75, 3.05) is 26.0 Å². The third-order valence-electron chi connectivity index (χ3n) is 4.74. The minimum absolute atomic E-state index is 0.0841. The highest BCUT2D eigenvalue weighted by Crippen LogP contribution is 2.25. The summed E-state index contributed by atoms with van der Waals surface area (Å²) in [7, 11) is -1.83. The quantitative estimate of drug-likeness (QED) is 0.743. The van der Waals surface area contributed by atoms with Gasteiger partial charge in [0.15, 0.2) is 0 Å². The van der Waals surface area contributed by atoms with Crippen LogP contribution < -0.4 is 10.1 Å². The monoisotopic (exact) mass is 422 g/mol. The van der Waals surface area contributed by atoms with Crippen molar-refractivity contribution in [2.24, 2.45) is 0 Å². The van der Waals surface area contributed by atoms with Crippen LogP contribution in [-0.4, -0.2) is 44.6 Å².